The fourth-order valence-corrected chi connectivity index (χ4v) is 8.19. The summed E-state index contributed by atoms with van der Waals surface area (Å²) in [6, 6.07) is 17.0. The maximum atomic E-state index is 13.8. The Bertz CT molecular complexity index is 1410. The smallest absolute Gasteiger partial charge is 0.254 e. The summed E-state index contributed by atoms with van der Waals surface area (Å²) in [4.78, 5) is 35.2. The Morgan fingerprint density at radius 3 is 2.36 bits per heavy atom. The molecule has 3 saturated heterocycles. The third-order valence-corrected chi connectivity index (χ3v) is 10.7. The molecule has 0 saturated carbocycles. The molecule has 4 heterocycles. The van der Waals surface area contributed by atoms with E-state index in [1.807, 2.05) is 59.2 Å². The zero-order valence-corrected chi connectivity index (χ0v) is 26.5. The van der Waals surface area contributed by atoms with E-state index in [0.717, 1.165) is 36.1 Å². The van der Waals surface area contributed by atoms with Crippen molar-refractivity contribution in [1.82, 2.24) is 20.0 Å². The number of nitrogens with zero attached hydrogens (tertiary/aromatic N) is 3. The second kappa shape index (κ2) is 12.7. The molecule has 6 rings (SSSR count). The number of carbonyl (C=O) groups is 2. The van der Waals surface area contributed by atoms with E-state index in [9.17, 15) is 9.59 Å². The van der Waals surface area contributed by atoms with E-state index in [2.05, 4.69) is 33.8 Å². The molecule has 3 aromatic rings. The second-order valence-electron chi connectivity index (χ2n) is 12.1. The van der Waals surface area contributed by atoms with Crippen LogP contribution in [0.15, 0.2) is 53.9 Å². The average molecular weight is 626 g/mol. The van der Waals surface area contributed by atoms with Crippen LogP contribution in [0.5, 0.6) is 0 Å². The molecule has 2 aromatic carbocycles. The molecule has 9 heteroatoms. The van der Waals surface area contributed by atoms with Gasteiger partial charge in [0, 0.05) is 54.7 Å². The quantitative estimate of drug-likeness (QED) is 0.327. The number of halogens is 2. The molecule has 3 unspecified atom stereocenters. The second-order valence-corrected chi connectivity index (χ2v) is 13.9. The van der Waals surface area contributed by atoms with Crippen LogP contribution in [0.2, 0.25) is 10.0 Å². The summed E-state index contributed by atoms with van der Waals surface area (Å²) in [7, 11) is 0. The highest BCUT2D eigenvalue weighted by Crippen LogP contribution is 2.37. The summed E-state index contributed by atoms with van der Waals surface area (Å²) in [6.07, 6.45) is 4.61. The van der Waals surface area contributed by atoms with Gasteiger partial charge in [0.15, 0.2) is 0 Å². The van der Waals surface area contributed by atoms with E-state index < -0.39 is 0 Å². The highest BCUT2D eigenvalue weighted by molar-refractivity contribution is 7.09. The Morgan fingerprint density at radius 2 is 1.69 bits per heavy atom. The van der Waals surface area contributed by atoms with E-state index >= 15 is 0 Å². The lowest BCUT2D eigenvalue weighted by Crippen LogP contribution is -2.55. The fraction of sp³-hybridized carbons (Fsp3) is 0.455. The van der Waals surface area contributed by atoms with Crippen molar-refractivity contribution in [2.45, 2.75) is 70.2 Å². The number of hydrogen-bond acceptors (Lipinski definition) is 5. The first-order chi connectivity index (χ1) is 20.2. The number of piperazine rings is 1. The van der Waals surface area contributed by atoms with Gasteiger partial charge in [-0.2, -0.15) is 0 Å². The third kappa shape index (κ3) is 6.41. The monoisotopic (exact) mass is 624 g/mol. The summed E-state index contributed by atoms with van der Waals surface area (Å²) < 4.78 is 0. The summed E-state index contributed by atoms with van der Waals surface area (Å²) in [6.45, 7) is 6.69. The van der Waals surface area contributed by atoms with E-state index in [1.54, 1.807) is 6.07 Å². The Kier molecular flexibility index (Phi) is 8.94. The van der Waals surface area contributed by atoms with Gasteiger partial charge >= 0.3 is 0 Å². The minimum atomic E-state index is -0.304. The minimum Gasteiger partial charge on any atom is -0.334 e. The molecule has 0 aliphatic carbocycles. The Balaban J connectivity index is 1.13. The standard InChI is InChI=1S/C33H38Cl2N4O2S/c1-21-12-22(2)14-24(13-21)33(41)37-9-10-38(31(20-37)23-5-8-29(34)30(35)15-23)32(40)18-36-25-16-26-6-7-27(17-25)39(26)19-28-4-3-11-42-28/h3-5,8,11-15,25-27,31,36H,6-7,9-10,16-20H2,1-2H3. The Morgan fingerprint density at radius 1 is 0.952 bits per heavy atom. The minimum absolute atomic E-state index is 0.0122. The number of hydrogen-bond donors (Lipinski definition) is 1. The largest absolute Gasteiger partial charge is 0.334 e. The van der Waals surface area contributed by atoms with Gasteiger partial charge in [-0.25, -0.2) is 0 Å². The van der Waals surface area contributed by atoms with Crippen LogP contribution in [0.4, 0.5) is 0 Å². The molecule has 3 atom stereocenters. The van der Waals surface area contributed by atoms with Crippen molar-refractivity contribution >= 4 is 46.4 Å². The Labute approximate surface area is 262 Å². The van der Waals surface area contributed by atoms with Crippen LogP contribution in [0.25, 0.3) is 0 Å². The van der Waals surface area contributed by atoms with Gasteiger partial charge in [-0.1, -0.05) is 52.5 Å². The first kappa shape index (κ1) is 29.6. The number of carbonyl (C=O) groups excluding carboxylic acids is 2. The van der Waals surface area contributed by atoms with Crippen LogP contribution in [-0.2, 0) is 11.3 Å². The van der Waals surface area contributed by atoms with Crippen molar-refractivity contribution < 1.29 is 9.59 Å². The molecule has 0 spiro atoms. The number of fused-ring (bicyclic) bond motifs is 2. The van der Waals surface area contributed by atoms with Gasteiger partial charge in [-0.3, -0.25) is 14.5 Å². The zero-order valence-electron chi connectivity index (χ0n) is 24.2. The van der Waals surface area contributed by atoms with E-state index in [4.69, 9.17) is 23.2 Å². The predicted molar refractivity (Wildman–Crippen MR) is 170 cm³/mol. The molecule has 222 valence electrons. The summed E-state index contributed by atoms with van der Waals surface area (Å²) in [5.74, 6) is 0.0415. The highest BCUT2D eigenvalue weighted by Gasteiger charge is 2.41. The topological polar surface area (TPSA) is 55.9 Å². The van der Waals surface area contributed by atoms with Gasteiger partial charge in [-0.15, -0.1) is 11.3 Å². The Hall–Kier alpha value is -2.42. The first-order valence-electron chi connectivity index (χ1n) is 14.9. The molecule has 6 nitrogen and oxygen atoms in total. The van der Waals surface area contributed by atoms with Crippen LogP contribution in [-0.4, -0.2) is 70.8 Å². The van der Waals surface area contributed by atoms with Gasteiger partial charge in [0.1, 0.15) is 0 Å². The van der Waals surface area contributed by atoms with Gasteiger partial charge < -0.3 is 15.1 Å². The van der Waals surface area contributed by atoms with E-state index in [-0.39, 0.29) is 24.4 Å². The molecule has 42 heavy (non-hydrogen) atoms. The third-order valence-electron chi connectivity index (χ3n) is 9.13. The lowest BCUT2D eigenvalue weighted by Gasteiger charge is -2.42. The van der Waals surface area contributed by atoms with Gasteiger partial charge in [-0.05, 0) is 80.8 Å². The van der Waals surface area contributed by atoms with Gasteiger partial charge in [0.05, 0.1) is 22.6 Å². The number of amides is 2. The van der Waals surface area contributed by atoms with Crippen LogP contribution in [0, 0.1) is 13.8 Å². The van der Waals surface area contributed by atoms with Crippen molar-refractivity contribution in [2.24, 2.45) is 0 Å². The lowest BCUT2D eigenvalue weighted by atomic mass is 9.97. The van der Waals surface area contributed by atoms with Gasteiger partial charge in [0.2, 0.25) is 5.91 Å². The molecule has 0 radical (unpaired) electrons. The van der Waals surface area contributed by atoms with Crippen LogP contribution < -0.4 is 5.32 Å². The van der Waals surface area contributed by atoms with Crippen molar-refractivity contribution in [3.63, 3.8) is 0 Å². The number of aryl methyl sites for hydroxylation is 2. The molecule has 2 bridgehead atoms. The van der Waals surface area contributed by atoms with Gasteiger partial charge in [0.25, 0.3) is 5.91 Å². The van der Waals surface area contributed by atoms with E-state index in [1.165, 1.54) is 17.7 Å². The van der Waals surface area contributed by atoms with Crippen LogP contribution in [0.3, 0.4) is 0 Å². The maximum Gasteiger partial charge on any atom is 0.254 e. The van der Waals surface area contributed by atoms with E-state index in [0.29, 0.717) is 53.4 Å². The molecular formula is C33H38Cl2N4O2S. The summed E-state index contributed by atoms with van der Waals surface area (Å²) >= 11 is 14.5. The molecule has 2 amide bonds. The van der Waals surface area contributed by atoms with Crippen LogP contribution in [0.1, 0.15) is 63.7 Å². The van der Waals surface area contributed by atoms with Crippen molar-refractivity contribution in [3.05, 3.63) is 91.1 Å². The SMILES string of the molecule is Cc1cc(C)cc(C(=O)N2CCN(C(=O)CNC3CC4CCC(C3)N4Cc3cccs3)C(c3ccc(Cl)c(Cl)c3)C2)c1. The predicted octanol–water partition coefficient (Wildman–Crippen LogP) is 6.48. The molecule has 3 aliphatic heterocycles. The number of thiophene rings is 1. The number of piperidine rings is 1. The number of rotatable bonds is 7. The summed E-state index contributed by atoms with van der Waals surface area (Å²) in [5, 5.41) is 6.69. The zero-order chi connectivity index (χ0) is 29.4. The molecule has 3 fully saturated rings. The number of nitrogens with one attached hydrogen (secondary N) is 1. The maximum absolute atomic E-state index is 13.8. The van der Waals surface area contributed by atoms with Crippen LogP contribution >= 0.6 is 34.5 Å². The normalized spacial score (nSPS) is 24.3. The van der Waals surface area contributed by atoms with Crippen molar-refractivity contribution in [3.8, 4) is 0 Å². The molecule has 1 aromatic heterocycles. The summed E-state index contributed by atoms with van der Waals surface area (Å²) in [5.41, 5.74) is 3.69. The average Bonchev–Trinajstić information content (AvgIpc) is 3.56. The first-order valence-corrected chi connectivity index (χ1v) is 16.5. The highest BCUT2D eigenvalue weighted by atomic mass is 35.5. The molecular weight excluding hydrogens is 587 g/mol. The lowest BCUT2D eigenvalue weighted by molar-refractivity contribution is -0.135. The van der Waals surface area contributed by atoms with Crippen molar-refractivity contribution in [2.75, 3.05) is 26.2 Å². The number of benzene rings is 2. The van der Waals surface area contributed by atoms with Crippen molar-refractivity contribution in [1.29, 1.82) is 0 Å². The fourth-order valence-electron chi connectivity index (χ4n) is 7.17. The molecule has 1 N–H and O–H groups in total. The molecule has 3 aliphatic rings.